The SMILES string of the molecule is CCc1[nH]c(C(=O)N2CCCC(C(=O)Nc3ccccc3)C2)c(C)c1C(=O)OC. The van der Waals surface area contributed by atoms with Crippen LogP contribution in [0.1, 0.15) is 51.9 Å². The fourth-order valence-corrected chi connectivity index (χ4v) is 3.82. The van der Waals surface area contributed by atoms with Gasteiger partial charge in [0, 0.05) is 24.5 Å². The predicted octanol–water partition coefficient (Wildman–Crippen LogP) is 3.16. The summed E-state index contributed by atoms with van der Waals surface area (Å²) in [6.07, 6.45) is 2.07. The van der Waals surface area contributed by atoms with E-state index in [0.717, 1.165) is 18.5 Å². The predicted molar refractivity (Wildman–Crippen MR) is 110 cm³/mol. The number of aromatic amines is 1. The lowest BCUT2D eigenvalue weighted by molar-refractivity contribution is -0.121. The van der Waals surface area contributed by atoms with Crippen molar-refractivity contribution in [2.75, 3.05) is 25.5 Å². The molecule has 3 rings (SSSR count). The van der Waals surface area contributed by atoms with Crippen LogP contribution in [0.25, 0.3) is 0 Å². The van der Waals surface area contributed by atoms with Crippen molar-refractivity contribution in [3.8, 4) is 0 Å². The van der Waals surface area contributed by atoms with Crippen LogP contribution in [0.2, 0.25) is 0 Å². The number of hydrogen-bond acceptors (Lipinski definition) is 4. The van der Waals surface area contributed by atoms with Gasteiger partial charge in [-0.25, -0.2) is 4.79 Å². The van der Waals surface area contributed by atoms with Crippen LogP contribution in [0.4, 0.5) is 5.69 Å². The van der Waals surface area contributed by atoms with Crippen LogP contribution in [0.15, 0.2) is 30.3 Å². The lowest BCUT2D eigenvalue weighted by Crippen LogP contribution is -2.44. The number of hydrogen-bond donors (Lipinski definition) is 2. The molecule has 1 fully saturated rings. The largest absolute Gasteiger partial charge is 0.465 e. The van der Waals surface area contributed by atoms with E-state index < -0.39 is 5.97 Å². The second-order valence-electron chi connectivity index (χ2n) is 7.27. The van der Waals surface area contributed by atoms with Crippen molar-refractivity contribution in [1.29, 1.82) is 0 Å². The summed E-state index contributed by atoms with van der Waals surface area (Å²) in [6, 6.07) is 9.30. The van der Waals surface area contributed by atoms with Crippen molar-refractivity contribution in [1.82, 2.24) is 9.88 Å². The molecule has 0 aliphatic carbocycles. The number of aromatic nitrogens is 1. The van der Waals surface area contributed by atoms with E-state index in [1.165, 1.54) is 7.11 Å². The maximum Gasteiger partial charge on any atom is 0.339 e. The van der Waals surface area contributed by atoms with Gasteiger partial charge in [0.2, 0.25) is 5.91 Å². The number of nitrogens with zero attached hydrogens (tertiary/aromatic N) is 1. The molecule has 1 aromatic heterocycles. The molecule has 2 N–H and O–H groups in total. The third-order valence-corrected chi connectivity index (χ3v) is 5.41. The van der Waals surface area contributed by atoms with Crippen LogP contribution in [0.3, 0.4) is 0 Å². The van der Waals surface area contributed by atoms with E-state index in [4.69, 9.17) is 4.74 Å². The smallest absolute Gasteiger partial charge is 0.339 e. The number of para-hydroxylation sites is 1. The van der Waals surface area contributed by atoms with E-state index in [0.29, 0.717) is 42.0 Å². The zero-order valence-corrected chi connectivity index (χ0v) is 17.1. The van der Waals surface area contributed by atoms with Gasteiger partial charge in [0.15, 0.2) is 0 Å². The molecule has 2 aromatic rings. The van der Waals surface area contributed by atoms with E-state index in [2.05, 4.69) is 10.3 Å². The number of aryl methyl sites for hydroxylation is 1. The second kappa shape index (κ2) is 8.94. The first-order valence-electron chi connectivity index (χ1n) is 9.91. The van der Waals surface area contributed by atoms with Crippen molar-refractivity contribution < 1.29 is 19.1 Å². The lowest BCUT2D eigenvalue weighted by atomic mass is 9.96. The summed E-state index contributed by atoms with van der Waals surface area (Å²) in [5.41, 5.74) is 2.85. The number of likely N-dealkylation sites (tertiary alicyclic amines) is 1. The normalized spacial score (nSPS) is 16.4. The van der Waals surface area contributed by atoms with E-state index in [1.54, 1.807) is 11.8 Å². The molecule has 1 aliphatic heterocycles. The molecule has 1 aliphatic rings. The number of H-pyrrole nitrogens is 1. The summed E-state index contributed by atoms with van der Waals surface area (Å²) in [6.45, 7) is 4.60. The number of methoxy groups -OCH3 is 1. The van der Waals surface area contributed by atoms with E-state index in [-0.39, 0.29) is 17.7 Å². The van der Waals surface area contributed by atoms with E-state index in [1.807, 2.05) is 37.3 Å². The highest BCUT2D eigenvalue weighted by Crippen LogP contribution is 2.25. The monoisotopic (exact) mass is 397 g/mol. The fourth-order valence-electron chi connectivity index (χ4n) is 3.82. The molecule has 1 unspecified atom stereocenters. The fraction of sp³-hybridized carbons (Fsp3) is 0.409. The number of esters is 1. The maximum atomic E-state index is 13.2. The topological polar surface area (TPSA) is 91.5 Å². The van der Waals surface area contributed by atoms with Crippen molar-refractivity contribution in [2.24, 2.45) is 5.92 Å². The Morgan fingerprint density at radius 1 is 1.24 bits per heavy atom. The zero-order chi connectivity index (χ0) is 21.0. The molecule has 0 spiro atoms. The van der Waals surface area contributed by atoms with Gasteiger partial charge in [-0.3, -0.25) is 9.59 Å². The van der Waals surface area contributed by atoms with Crippen LogP contribution < -0.4 is 5.32 Å². The van der Waals surface area contributed by atoms with Gasteiger partial charge in [-0.05, 0) is 43.9 Å². The molecule has 1 saturated heterocycles. The average molecular weight is 397 g/mol. The van der Waals surface area contributed by atoms with E-state index >= 15 is 0 Å². The number of ether oxygens (including phenoxy) is 1. The van der Waals surface area contributed by atoms with Crippen molar-refractivity contribution in [3.63, 3.8) is 0 Å². The number of rotatable bonds is 5. The molecule has 0 saturated carbocycles. The molecule has 29 heavy (non-hydrogen) atoms. The number of nitrogens with one attached hydrogen (secondary N) is 2. The molecule has 1 atom stereocenters. The van der Waals surface area contributed by atoms with Crippen LogP contribution in [-0.4, -0.2) is 47.9 Å². The summed E-state index contributed by atoms with van der Waals surface area (Å²) in [4.78, 5) is 42.7. The van der Waals surface area contributed by atoms with Crippen LogP contribution in [0, 0.1) is 12.8 Å². The molecule has 2 amide bonds. The molecule has 0 bridgehead atoms. The van der Waals surface area contributed by atoms with Gasteiger partial charge in [-0.15, -0.1) is 0 Å². The molecule has 7 heteroatoms. The molecular weight excluding hydrogens is 370 g/mol. The van der Waals surface area contributed by atoms with Gasteiger partial charge in [-0.2, -0.15) is 0 Å². The quantitative estimate of drug-likeness (QED) is 0.758. The van der Waals surface area contributed by atoms with E-state index in [9.17, 15) is 14.4 Å². The van der Waals surface area contributed by atoms with Gasteiger partial charge in [0.05, 0.1) is 18.6 Å². The Balaban J connectivity index is 1.75. The summed E-state index contributed by atoms with van der Waals surface area (Å²) in [7, 11) is 1.33. The number of piperidine rings is 1. The molecular formula is C22H27N3O4. The van der Waals surface area contributed by atoms with Gasteiger partial charge in [0.25, 0.3) is 5.91 Å². The molecule has 154 valence electrons. The minimum Gasteiger partial charge on any atom is -0.465 e. The number of carbonyl (C=O) groups is 3. The van der Waals surface area contributed by atoms with Crippen LogP contribution >= 0.6 is 0 Å². The molecule has 1 aromatic carbocycles. The summed E-state index contributed by atoms with van der Waals surface area (Å²) in [5.74, 6) is -0.992. The number of anilines is 1. The second-order valence-corrected chi connectivity index (χ2v) is 7.27. The highest BCUT2D eigenvalue weighted by atomic mass is 16.5. The third-order valence-electron chi connectivity index (χ3n) is 5.41. The minimum absolute atomic E-state index is 0.0820. The van der Waals surface area contributed by atoms with Crippen LogP contribution in [0.5, 0.6) is 0 Å². The molecule has 7 nitrogen and oxygen atoms in total. The first kappa shape index (κ1) is 20.6. The maximum absolute atomic E-state index is 13.2. The third kappa shape index (κ3) is 4.34. The lowest BCUT2D eigenvalue weighted by Gasteiger charge is -2.32. The average Bonchev–Trinajstić information content (AvgIpc) is 3.09. The molecule has 2 heterocycles. The molecule has 0 radical (unpaired) electrons. The highest BCUT2D eigenvalue weighted by molar-refractivity contribution is 6.01. The first-order chi connectivity index (χ1) is 14.0. The van der Waals surface area contributed by atoms with Gasteiger partial charge in [-0.1, -0.05) is 25.1 Å². The van der Waals surface area contributed by atoms with Crippen molar-refractivity contribution in [2.45, 2.75) is 33.1 Å². The number of benzene rings is 1. The Labute approximate surface area is 170 Å². The summed E-state index contributed by atoms with van der Waals surface area (Å²) >= 11 is 0. The number of amides is 2. The van der Waals surface area contributed by atoms with Crippen molar-refractivity contribution in [3.05, 3.63) is 52.8 Å². The Hall–Kier alpha value is -3.09. The first-order valence-corrected chi connectivity index (χ1v) is 9.91. The Bertz CT molecular complexity index is 904. The van der Waals surface area contributed by atoms with Crippen molar-refractivity contribution >= 4 is 23.5 Å². The Kier molecular flexibility index (Phi) is 6.36. The number of carbonyl (C=O) groups excluding carboxylic acids is 3. The Morgan fingerprint density at radius 2 is 1.97 bits per heavy atom. The highest BCUT2D eigenvalue weighted by Gasteiger charge is 2.32. The van der Waals surface area contributed by atoms with Gasteiger partial charge in [0.1, 0.15) is 5.69 Å². The van der Waals surface area contributed by atoms with Crippen LogP contribution in [-0.2, 0) is 16.0 Å². The zero-order valence-electron chi connectivity index (χ0n) is 17.1. The Morgan fingerprint density at radius 3 is 2.62 bits per heavy atom. The minimum atomic E-state index is -0.451. The van der Waals surface area contributed by atoms with Gasteiger partial charge < -0.3 is 19.9 Å². The summed E-state index contributed by atoms with van der Waals surface area (Å²) < 4.78 is 4.87. The standard InChI is InChI=1S/C22H27N3O4/c1-4-17-18(22(28)29-3)14(2)19(24-17)21(27)25-12-8-9-15(13-25)20(26)23-16-10-6-5-7-11-16/h5-7,10-11,15,24H,4,8-9,12-13H2,1-3H3,(H,23,26). The summed E-state index contributed by atoms with van der Waals surface area (Å²) in [5, 5.41) is 2.92. The van der Waals surface area contributed by atoms with Gasteiger partial charge >= 0.3 is 5.97 Å².